The minimum absolute atomic E-state index is 0.280. The molecular weight excluding hydrogens is 276 g/mol. The highest BCUT2D eigenvalue weighted by molar-refractivity contribution is 5.67. The topological polar surface area (TPSA) is 41.6 Å². The van der Waals surface area contributed by atoms with E-state index in [1.165, 1.54) is 45.2 Å². The van der Waals surface area contributed by atoms with E-state index in [0.717, 1.165) is 36.8 Å². The van der Waals surface area contributed by atoms with Crippen molar-refractivity contribution in [3.05, 3.63) is 0 Å². The summed E-state index contributed by atoms with van der Waals surface area (Å²) in [6.07, 6.45) is 7.76. The van der Waals surface area contributed by atoms with Crippen LogP contribution in [0.3, 0.4) is 0 Å². The van der Waals surface area contributed by atoms with Gasteiger partial charge in [-0.3, -0.25) is 4.90 Å². The van der Waals surface area contributed by atoms with Gasteiger partial charge in [-0.05, 0) is 90.1 Å². The first-order valence-electron chi connectivity index (χ1n) is 9.15. The summed E-state index contributed by atoms with van der Waals surface area (Å²) in [5, 5.41) is 2.89. The highest BCUT2D eigenvalue weighted by Crippen LogP contribution is 2.49. The molecule has 126 valence electrons. The molecule has 22 heavy (non-hydrogen) atoms. The molecule has 3 aliphatic heterocycles. The molecule has 0 aromatic rings. The summed E-state index contributed by atoms with van der Waals surface area (Å²) in [6, 6.07) is 0.856. The fraction of sp³-hybridized carbons (Fsp3) is 0.944. The minimum Gasteiger partial charge on any atom is -0.444 e. The van der Waals surface area contributed by atoms with Crippen molar-refractivity contribution >= 4 is 6.09 Å². The Hall–Kier alpha value is -0.770. The van der Waals surface area contributed by atoms with Gasteiger partial charge in [0.15, 0.2) is 0 Å². The van der Waals surface area contributed by atoms with E-state index in [1.54, 1.807) is 0 Å². The fourth-order valence-corrected chi connectivity index (χ4v) is 5.01. The second-order valence-electron chi connectivity index (χ2n) is 8.44. The van der Waals surface area contributed by atoms with E-state index >= 15 is 0 Å². The molecule has 0 radical (unpaired) electrons. The number of piperidine rings is 3. The largest absolute Gasteiger partial charge is 0.444 e. The summed E-state index contributed by atoms with van der Waals surface area (Å²) < 4.78 is 5.28. The number of carbonyl (C=O) groups is 1. The maximum atomic E-state index is 11.6. The van der Waals surface area contributed by atoms with Gasteiger partial charge in [-0.15, -0.1) is 0 Å². The van der Waals surface area contributed by atoms with E-state index in [2.05, 4.69) is 10.2 Å². The molecule has 4 rings (SSSR count). The molecule has 3 heterocycles. The molecular formula is C18H32N2O2. The first kappa shape index (κ1) is 16.1. The van der Waals surface area contributed by atoms with Gasteiger partial charge in [-0.1, -0.05) is 0 Å². The van der Waals surface area contributed by atoms with E-state index in [4.69, 9.17) is 4.74 Å². The Bertz CT molecular complexity index is 396. The molecule has 0 aromatic carbocycles. The van der Waals surface area contributed by atoms with Crippen LogP contribution in [0, 0.1) is 17.8 Å². The van der Waals surface area contributed by atoms with Crippen LogP contribution < -0.4 is 5.32 Å². The average molecular weight is 308 g/mol. The molecule has 1 saturated carbocycles. The van der Waals surface area contributed by atoms with E-state index in [1.807, 2.05) is 20.8 Å². The average Bonchev–Trinajstić information content (AvgIpc) is 2.89. The maximum absolute atomic E-state index is 11.6. The summed E-state index contributed by atoms with van der Waals surface area (Å²) in [5.41, 5.74) is -0.405. The number of alkyl carbamates (subject to hydrolysis) is 1. The van der Waals surface area contributed by atoms with Crippen LogP contribution in [-0.4, -0.2) is 42.3 Å². The Kier molecular flexibility index (Phi) is 4.67. The summed E-state index contributed by atoms with van der Waals surface area (Å²) >= 11 is 0. The van der Waals surface area contributed by atoms with E-state index in [9.17, 15) is 4.79 Å². The lowest BCUT2D eigenvalue weighted by Crippen LogP contribution is -2.54. The standard InChI is InChI=1S/C18H32N2O2/c1-18(2,3)22-17(21)19-10-4-5-14-6-7-15-13-8-11-20(12-9-13)16(14)15/h13-16H,4-12H2,1-3H3,(H,19,21). The van der Waals surface area contributed by atoms with Gasteiger partial charge in [0, 0.05) is 12.6 Å². The molecule has 0 aromatic heterocycles. The van der Waals surface area contributed by atoms with Crippen LogP contribution in [-0.2, 0) is 4.74 Å². The molecule has 2 bridgehead atoms. The first-order chi connectivity index (χ1) is 10.4. The van der Waals surface area contributed by atoms with Crippen LogP contribution in [0.4, 0.5) is 4.79 Å². The number of hydrogen-bond acceptors (Lipinski definition) is 3. The molecule has 3 unspecified atom stereocenters. The fourth-order valence-electron chi connectivity index (χ4n) is 5.01. The molecule has 1 aliphatic carbocycles. The highest BCUT2D eigenvalue weighted by atomic mass is 16.6. The molecule has 1 amide bonds. The van der Waals surface area contributed by atoms with Crippen LogP contribution in [0.2, 0.25) is 0 Å². The monoisotopic (exact) mass is 308 g/mol. The number of rotatable bonds is 4. The lowest BCUT2D eigenvalue weighted by molar-refractivity contribution is -0.0112. The third-order valence-electron chi connectivity index (χ3n) is 5.81. The summed E-state index contributed by atoms with van der Waals surface area (Å²) in [4.78, 5) is 14.4. The van der Waals surface area contributed by atoms with Crippen molar-refractivity contribution in [3.8, 4) is 0 Å². The first-order valence-corrected chi connectivity index (χ1v) is 9.15. The number of nitrogens with zero attached hydrogens (tertiary/aromatic N) is 1. The summed E-state index contributed by atoms with van der Waals surface area (Å²) in [7, 11) is 0. The molecule has 4 fully saturated rings. The zero-order valence-electron chi connectivity index (χ0n) is 14.4. The predicted octanol–water partition coefficient (Wildman–Crippen LogP) is 3.41. The van der Waals surface area contributed by atoms with E-state index < -0.39 is 5.60 Å². The number of fused-ring (bicyclic) bond motifs is 2. The third-order valence-corrected chi connectivity index (χ3v) is 5.81. The van der Waals surface area contributed by atoms with Crippen molar-refractivity contribution in [2.24, 2.45) is 17.8 Å². The van der Waals surface area contributed by atoms with Gasteiger partial charge in [0.05, 0.1) is 0 Å². The van der Waals surface area contributed by atoms with Gasteiger partial charge in [0.2, 0.25) is 0 Å². The number of ether oxygens (including phenoxy) is 1. The van der Waals surface area contributed by atoms with Gasteiger partial charge in [-0.2, -0.15) is 0 Å². The summed E-state index contributed by atoms with van der Waals surface area (Å²) in [5.74, 6) is 2.85. The van der Waals surface area contributed by atoms with Crippen molar-refractivity contribution < 1.29 is 9.53 Å². The van der Waals surface area contributed by atoms with E-state index in [-0.39, 0.29) is 6.09 Å². The van der Waals surface area contributed by atoms with Crippen molar-refractivity contribution in [1.29, 1.82) is 0 Å². The molecule has 3 saturated heterocycles. The second kappa shape index (κ2) is 6.38. The highest BCUT2D eigenvalue weighted by Gasteiger charge is 2.48. The maximum Gasteiger partial charge on any atom is 0.407 e. The molecule has 4 heteroatoms. The predicted molar refractivity (Wildman–Crippen MR) is 87.8 cm³/mol. The van der Waals surface area contributed by atoms with Crippen LogP contribution in [0.25, 0.3) is 0 Å². The minimum atomic E-state index is -0.405. The number of carbonyl (C=O) groups excluding carboxylic acids is 1. The third kappa shape index (κ3) is 3.58. The van der Waals surface area contributed by atoms with Crippen molar-refractivity contribution in [2.45, 2.75) is 70.9 Å². The SMILES string of the molecule is CC(C)(C)OC(=O)NCCCC1CCC2C3CCN(CC3)C12. The number of amides is 1. The molecule has 3 atom stereocenters. The van der Waals surface area contributed by atoms with E-state index in [0.29, 0.717) is 0 Å². The van der Waals surface area contributed by atoms with Crippen molar-refractivity contribution in [2.75, 3.05) is 19.6 Å². The Morgan fingerprint density at radius 2 is 1.91 bits per heavy atom. The number of hydrogen-bond donors (Lipinski definition) is 1. The zero-order chi connectivity index (χ0) is 15.7. The summed E-state index contributed by atoms with van der Waals surface area (Å²) in [6.45, 7) is 9.11. The molecule has 4 nitrogen and oxygen atoms in total. The normalized spacial score (nSPS) is 37.0. The zero-order valence-corrected chi connectivity index (χ0v) is 14.4. The lowest BCUT2D eigenvalue weighted by Gasteiger charge is -2.50. The Morgan fingerprint density at radius 1 is 1.18 bits per heavy atom. The van der Waals surface area contributed by atoms with Crippen molar-refractivity contribution in [1.82, 2.24) is 10.2 Å². The Balaban J connectivity index is 1.39. The second-order valence-corrected chi connectivity index (χ2v) is 8.44. The Morgan fingerprint density at radius 3 is 2.59 bits per heavy atom. The lowest BCUT2D eigenvalue weighted by atomic mass is 9.73. The molecule has 0 spiro atoms. The van der Waals surface area contributed by atoms with Crippen LogP contribution >= 0.6 is 0 Å². The number of nitrogens with one attached hydrogen (secondary N) is 1. The quantitative estimate of drug-likeness (QED) is 0.809. The van der Waals surface area contributed by atoms with Gasteiger partial charge in [0.1, 0.15) is 5.60 Å². The van der Waals surface area contributed by atoms with Gasteiger partial charge < -0.3 is 10.1 Å². The van der Waals surface area contributed by atoms with Gasteiger partial charge in [-0.25, -0.2) is 4.79 Å². The smallest absolute Gasteiger partial charge is 0.407 e. The molecule has 4 aliphatic rings. The van der Waals surface area contributed by atoms with Crippen LogP contribution in [0.5, 0.6) is 0 Å². The van der Waals surface area contributed by atoms with Gasteiger partial charge >= 0.3 is 6.09 Å². The molecule has 1 N–H and O–H groups in total. The van der Waals surface area contributed by atoms with Gasteiger partial charge in [0.25, 0.3) is 0 Å². The van der Waals surface area contributed by atoms with Crippen LogP contribution in [0.15, 0.2) is 0 Å². The Labute approximate surface area is 135 Å². The van der Waals surface area contributed by atoms with Crippen molar-refractivity contribution in [3.63, 3.8) is 0 Å². The van der Waals surface area contributed by atoms with Crippen LogP contribution in [0.1, 0.15) is 59.3 Å².